The lowest BCUT2D eigenvalue weighted by Gasteiger charge is -2.48. The summed E-state index contributed by atoms with van der Waals surface area (Å²) < 4.78 is 13.5. The van der Waals surface area contributed by atoms with Crippen LogP contribution in [0.25, 0.3) is 0 Å². The van der Waals surface area contributed by atoms with E-state index in [1.807, 2.05) is 0 Å². The summed E-state index contributed by atoms with van der Waals surface area (Å²) in [6.45, 7) is 25.8. The molecule has 2 nitrogen and oxygen atoms in total. The first-order valence-corrected chi connectivity index (χ1v) is 19.3. The van der Waals surface area contributed by atoms with Gasteiger partial charge in [0.25, 0.3) is 0 Å². The van der Waals surface area contributed by atoms with Crippen molar-refractivity contribution in [1.29, 1.82) is 0 Å². The Morgan fingerprint density at radius 3 is 2.18 bits per heavy atom. The van der Waals surface area contributed by atoms with Crippen molar-refractivity contribution in [2.75, 3.05) is 0 Å². The van der Waals surface area contributed by atoms with Crippen LogP contribution in [0.5, 0.6) is 5.75 Å². The van der Waals surface area contributed by atoms with Gasteiger partial charge in [0.15, 0.2) is 8.32 Å². The molecular weight excluding hydrogens is 449 g/mol. The van der Waals surface area contributed by atoms with Crippen molar-refractivity contribution >= 4 is 16.6 Å². The summed E-state index contributed by atoms with van der Waals surface area (Å²) in [6, 6.07) is 8.45. The minimum atomic E-state index is -1.85. The van der Waals surface area contributed by atoms with E-state index in [0.717, 1.165) is 11.3 Å². The van der Waals surface area contributed by atoms with Crippen LogP contribution in [0.15, 0.2) is 24.3 Å². The van der Waals surface area contributed by atoms with Gasteiger partial charge in [-0.05, 0) is 91.5 Å². The zero-order chi connectivity index (χ0) is 25.6. The standard InChI is InChI=1S/C30H50O2Si2/c1-28(2,3)33(8,9)31-25-15-12-14-23(22-25)17-18-24-19-20-26-27(16-13-21-30(24,26)7)32-34(10,11)29(4,5)6/h12,14-15,22,24,26-27H,13,16,19-21H2,1-11H3/t24-,26?,27-,30+/m0/s1. The minimum Gasteiger partial charge on any atom is -0.543 e. The van der Waals surface area contributed by atoms with E-state index in [9.17, 15) is 0 Å². The summed E-state index contributed by atoms with van der Waals surface area (Å²) in [4.78, 5) is 0. The molecule has 34 heavy (non-hydrogen) atoms. The van der Waals surface area contributed by atoms with Gasteiger partial charge in [0.05, 0.1) is 0 Å². The van der Waals surface area contributed by atoms with Gasteiger partial charge in [-0.15, -0.1) is 0 Å². The van der Waals surface area contributed by atoms with Gasteiger partial charge in [-0.2, -0.15) is 0 Å². The maximum atomic E-state index is 7.00. The second-order valence-electron chi connectivity index (χ2n) is 14.2. The van der Waals surface area contributed by atoms with E-state index in [-0.39, 0.29) is 15.5 Å². The van der Waals surface area contributed by atoms with E-state index < -0.39 is 16.6 Å². The van der Waals surface area contributed by atoms with E-state index in [1.165, 1.54) is 32.1 Å². The summed E-state index contributed by atoms with van der Waals surface area (Å²) in [5.41, 5.74) is 1.35. The van der Waals surface area contributed by atoms with Crippen LogP contribution in [0.2, 0.25) is 36.3 Å². The topological polar surface area (TPSA) is 18.5 Å². The molecule has 0 bridgehead atoms. The van der Waals surface area contributed by atoms with E-state index in [2.05, 4.69) is 111 Å². The number of hydrogen-bond acceptors (Lipinski definition) is 2. The number of hydrogen-bond donors (Lipinski definition) is 0. The number of benzene rings is 1. The van der Waals surface area contributed by atoms with Crippen molar-refractivity contribution in [3.05, 3.63) is 29.8 Å². The highest BCUT2D eigenvalue weighted by molar-refractivity contribution is 6.75. The van der Waals surface area contributed by atoms with Gasteiger partial charge in [-0.1, -0.05) is 72.8 Å². The molecule has 1 unspecified atom stereocenters. The van der Waals surface area contributed by atoms with Crippen LogP contribution in [0.4, 0.5) is 0 Å². The average molecular weight is 499 g/mol. The fourth-order valence-corrected chi connectivity index (χ4v) is 7.72. The SMILES string of the molecule is CC(C)(C)[Si](C)(C)Oc1cccc(C#C[C@H]2CCC3[C@@H](O[Si](C)(C)C(C)(C)C)CCC[C@@]32C)c1. The lowest BCUT2D eigenvalue weighted by Crippen LogP contribution is -2.49. The summed E-state index contributed by atoms with van der Waals surface area (Å²) in [5, 5.41) is 0.447. The molecule has 190 valence electrons. The Kier molecular flexibility index (Phi) is 7.66. The fraction of sp³-hybridized carbons (Fsp3) is 0.733. The molecule has 4 heteroatoms. The molecule has 0 radical (unpaired) electrons. The van der Waals surface area contributed by atoms with Gasteiger partial charge >= 0.3 is 0 Å². The predicted molar refractivity (Wildman–Crippen MR) is 151 cm³/mol. The second-order valence-corrected chi connectivity index (χ2v) is 23.7. The van der Waals surface area contributed by atoms with Crippen molar-refractivity contribution < 1.29 is 8.85 Å². The van der Waals surface area contributed by atoms with Gasteiger partial charge in [0.2, 0.25) is 8.32 Å². The van der Waals surface area contributed by atoms with Crippen LogP contribution >= 0.6 is 0 Å². The van der Waals surface area contributed by atoms with Crippen LogP contribution in [0.3, 0.4) is 0 Å². The third-order valence-corrected chi connectivity index (χ3v) is 18.6. The van der Waals surface area contributed by atoms with E-state index in [4.69, 9.17) is 8.85 Å². The highest BCUT2D eigenvalue weighted by Crippen LogP contribution is 2.57. The molecule has 1 aromatic rings. The Morgan fingerprint density at radius 1 is 0.912 bits per heavy atom. The van der Waals surface area contributed by atoms with E-state index in [0.29, 0.717) is 17.9 Å². The maximum absolute atomic E-state index is 7.00. The number of fused-ring (bicyclic) bond motifs is 1. The third kappa shape index (κ3) is 5.68. The molecule has 1 aromatic carbocycles. The van der Waals surface area contributed by atoms with Gasteiger partial charge < -0.3 is 8.85 Å². The van der Waals surface area contributed by atoms with Gasteiger partial charge in [0, 0.05) is 17.6 Å². The maximum Gasteiger partial charge on any atom is 0.250 e. The molecule has 4 atom stereocenters. The molecule has 0 N–H and O–H groups in total. The van der Waals surface area contributed by atoms with Crippen molar-refractivity contribution in [2.45, 2.75) is 123 Å². The molecule has 2 aliphatic rings. The normalized spacial score (nSPS) is 28.1. The summed E-state index contributed by atoms with van der Waals surface area (Å²) >= 11 is 0. The van der Waals surface area contributed by atoms with Crippen molar-refractivity contribution in [3.63, 3.8) is 0 Å². The monoisotopic (exact) mass is 498 g/mol. The molecule has 0 aromatic heterocycles. The molecule has 2 aliphatic carbocycles. The first kappa shape index (κ1) is 27.6. The summed E-state index contributed by atoms with van der Waals surface area (Å²) in [5.74, 6) is 9.34. The zero-order valence-corrected chi connectivity index (χ0v) is 25.9. The summed E-state index contributed by atoms with van der Waals surface area (Å²) in [7, 11) is -3.62. The molecule has 0 aliphatic heterocycles. The Labute approximate surface area is 212 Å². The molecule has 0 saturated heterocycles. The van der Waals surface area contributed by atoms with Gasteiger partial charge in [-0.3, -0.25) is 0 Å². The Bertz CT molecular complexity index is 926. The van der Waals surface area contributed by atoms with Crippen LogP contribution < -0.4 is 4.43 Å². The van der Waals surface area contributed by atoms with Crippen LogP contribution in [0, 0.1) is 29.1 Å². The van der Waals surface area contributed by atoms with Crippen molar-refractivity contribution in [2.24, 2.45) is 17.3 Å². The van der Waals surface area contributed by atoms with Crippen LogP contribution in [-0.2, 0) is 4.43 Å². The van der Waals surface area contributed by atoms with Crippen LogP contribution in [0.1, 0.15) is 86.1 Å². The van der Waals surface area contributed by atoms with E-state index in [1.54, 1.807) is 0 Å². The second kappa shape index (κ2) is 9.45. The minimum absolute atomic E-state index is 0.187. The fourth-order valence-electron chi connectivity index (χ4n) is 5.31. The van der Waals surface area contributed by atoms with Crippen molar-refractivity contribution in [3.8, 4) is 17.6 Å². The van der Waals surface area contributed by atoms with Gasteiger partial charge in [-0.25, -0.2) is 0 Å². The molecular formula is C30H50O2Si2. The average Bonchev–Trinajstić information content (AvgIpc) is 3.01. The Balaban J connectivity index is 1.76. The largest absolute Gasteiger partial charge is 0.543 e. The quantitative estimate of drug-likeness (QED) is 0.304. The highest BCUT2D eigenvalue weighted by Gasteiger charge is 2.53. The first-order valence-electron chi connectivity index (χ1n) is 13.4. The lowest BCUT2D eigenvalue weighted by atomic mass is 9.64. The molecule has 0 heterocycles. The molecule has 0 spiro atoms. The Morgan fingerprint density at radius 2 is 1.56 bits per heavy atom. The first-order chi connectivity index (χ1) is 15.5. The lowest BCUT2D eigenvalue weighted by molar-refractivity contribution is -0.000300. The highest BCUT2D eigenvalue weighted by atomic mass is 28.4. The van der Waals surface area contributed by atoms with Crippen LogP contribution in [-0.4, -0.2) is 22.7 Å². The van der Waals surface area contributed by atoms with Gasteiger partial charge in [0.1, 0.15) is 5.75 Å². The van der Waals surface area contributed by atoms with Crippen molar-refractivity contribution in [1.82, 2.24) is 0 Å². The predicted octanol–water partition coefficient (Wildman–Crippen LogP) is 9.03. The molecule has 2 saturated carbocycles. The summed E-state index contributed by atoms with van der Waals surface area (Å²) in [6.07, 6.45) is 6.63. The Hall–Kier alpha value is -1.03. The number of rotatable bonds is 4. The smallest absolute Gasteiger partial charge is 0.250 e. The molecule has 0 amide bonds. The molecule has 2 fully saturated rings. The zero-order valence-electron chi connectivity index (χ0n) is 23.9. The molecule has 3 rings (SSSR count). The van der Waals surface area contributed by atoms with E-state index >= 15 is 0 Å². The third-order valence-electron chi connectivity index (χ3n) is 9.72.